The number of nitrogens with zero attached hydrogens (tertiary/aromatic N) is 3. The van der Waals surface area contributed by atoms with Gasteiger partial charge in [-0.2, -0.15) is 4.98 Å². The number of aliphatic hydroxyl groups is 1. The summed E-state index contributed by atoms with van der Waals surface area (Å²) >= 11 is 1.57. The minimum atomic E-state index is -0.139. The molecule has 4 rings (SSSR count). The van der Waals surface area contributed by atoms with Crippen molar-refractivity contribution >= 4 is 40.4 Å². The summed E-state index contributed by atoms with van der Waals surface area (Å²) in [4.78, 5) is 24.3. The second-order valence-corrected chi connectivity index (χ2v) is 7.94. The standard InChI is InChI=1S/C21H23N5O2S/c27-14-15-13-22-21(26-9-1-2-10-26)25-20(15)24-17-7-5-16(6-8-17)23-19(28)12-18-4-3-11-29-18/h3-8,11,13,27H,1-2,9-10,12,14H2,(H,23,28)(H,22,24,25). The van der Waals surface area contributed by atoms with Crippen LogP contribution in [0.3, 0.4) is 0 Å². The third-order valence-electron chi connectivity index (χ3n) is 4.76. The Morgan fingerprint density at radius 1 is 1.14 bits per heavy atom. The topological polar surface area (TPSA) is 90.4 Å². The quantitative estimate of drug-likeness (QED) is 0.553. The number of carbonyl (C=O) groups excluding carboxylic acids is 1. The zero-order valence-corrected chi connectivity index (χ0v) is 16.8. The summed E-state index contributed by atoms with van der Waals surface area (Å²) in [5.41, 5.74) is 2.20. The Balaban J connectivity index is 1.42. The monoisotopic (exact) mass is 409 g/mol. The summed E-state index contributed by atoms with van der Waals surface area (Å²) in [6.45, 7) is 1.77. The van der Waals surface area contributed by atoms with Crippen LogP contribution in [0.25, 0.3) is 0 Å². The number of hydrogen-bond donors (Lipinski definition) is 3. The molecule has 2 aromatic heterocycles. The molecular weight excluding hydrogens is 386 g/mol. The van der Waals surface area contributed by atoms with Gasteiger partial charge in [-0.3, -0.25) is 4.79 Å². The number of benzene rings is 1. The normalized spacial score (nSPS) is 13.5. The average Bonchev–Trinajstić information content (AvgIpc) is 3.43. The first-order valence-corrected chi connectivity index (χ1v) is 10.5. The summed E-state index contributed by atoms with van der Waals surface area (Å²) in [6.07, 6.45) is 4.33. The minimum absolute atomic E-state index is 0.0400. The Morgan fingerprint density at radius 2 is 1.90 bits per heavy atom. The third-order valence-corrected chi connectivity index (χ3v) is 5.63. The Kier molecular flexibility index (Phi) is 6.02. The van der Waals surface area contributed by atoms with Gasteiger partial charge in [-0.25, -0.2) is 4.98 Å². The van der Waals surface area contributed by atoms with E-state index < -0.39 is 0 Å². The Bertz CT molecular complexity index is 954. The molecule has 3 N–H and O–H groups in total. The fourth-order valence-corrected chi connectivity index (χ4v) is 3.94. The summed E-state index contributed by atoms with van der Waals surface area (Å²) < 4.78 is 0. The second kappa shape index (κ2) is 9.02. The molecule has 0 bridgehead atoms. The van der Waals surface area contributed by atoms with Gasteiger partial charge >= 0.3 is 0 Å². The van der Waals surface area contributed by atoms with Crippen LogP contribution in [0.2, 0.25) is 0 Å². The molecule has 1 fully saturated rings. The van der Waals surface area contributed by atoms with E-state index in [1.54, 1.807) is 17.5 Å². The summed E-state index contributed by atoms with van der Waals surface area (Å²) in [5.74, 6) is 1.24. The largest absolute Gasteiger partial charge is 0.391 e. The van der Waals surface area contributed by atoms with Crippen molar-refractivity contribution in [2.24, 2.45) is 0 Å². The van der Waals surface area contributed by atoms with Crippen LogP contribution in [0.4, 0.5) is 23.1 Å². The molecule has 8 heteroatoms. The van der Waals surface area contributed by atoms with Crippen molar-refractivity contribution in [3.05, 3.63) is 58.4 Å². The number of carbonyl (C=O) groups is 1. The highest BCUT2D eigenvalue weighted by Gasteiger charge is 2.17. The van der Waals surface area contributed by atoms with E-state index in [0.717, 1.165) is 42.2 Å². The molecule has 3 aromatic rings. The summed E-state index contributed by atoms with van der Waals surface area (Å²) in [5, 5.41) is 17.7. The van der Waals surface area contributed by atoms with Gasteiger partial charge in [-0.1, -0.05) is 6.07 Å². The Hall–Kier alpha value is -2.97. The maximum Gasteiger partial charge on any atom is 0.229 e. The Morgan fingerprint density at radius 3 is 2.59 bits per heavy atom. The first kappa shape index (κ1) is 19.4. The van der Waals surface area contributed by atoms with Crippen molar-refractivity contribution < 1.29 is 9.90 Å². The molecule has 29 heavy (non-hydrogen) atoms. The lowest BCUT2D eigenvalue weighted by Crippen LogP contribution is -2.21. The van der Waals surface area contributed by atoms with Crippen molar-refractivity contribution in [3.8, 4) is 0 Å². The summed E-state index contributed by atoms with van der Waals surface area (Å²) in [6, 6.07) is 11.3. The molecule has 0 unspecified atom stereocenters. The Labute approximate surface area is 173 Å². The highest BCUT2D eigenvalue weighted by atomic mass is 32.1. The lowest BCUT2D eigenvalue weighted by Gasteiger charge is -2.17. The van der Waals surface area contributed by atoms with Crippen LogP contribution in [0, 0.1) is 0 Å². The van der Waals surface area contributed by atoms with E-state index >= 15 is 0 Å². The van der Waals surface area contributed by atoms with Crippen molar-refractivity contribution in [2.45, 2.75) is 25.9 Å². The molecule has 150 valence electrons. The maximum absolute atomic E-state index is 12.1. The van der Waals surface area contributed by atoms with Crippen LogP contribution in [-0.4, -0.2) is 34.1 Å². The van der Waals surface area contributed by atoms with E-state index in [9.17, 15) is 9.90 Å². The highest BCUT2D eigenvalue weighted by molar-refractivity contribution is 7.10. The molecule has 0 radical (unpaired) electrons. The predicted molar refractivity (Wildman–Crippen MR) is 116 cm³/mol. The third kappa shape index (κ3) is 4.90. The van der Waals surface area contributed by atoms with E-state index in [1.165, 1.54) is 0 Å². The van der Waals surface area contributed by atoms with Crippen molar-refractivity contribution in [3.63, 3.8) is 0 Å². The zero-order valence-electron chi connectivity index (χ0n) is 16.0. The van der Waals surface area contributed by atoms with E-state index in [0.29, 0.717) is 23.8 Å². The number of thiophene rings is 1. The van der Waals surface area contributed by atoms with E-state index in [-0.39, 0.29) is 12.5 Å². The lowest BCUT2D eigenvalue weighted by atomic mass is 10.2. The van der Waals surface area contributed by atoms with Crippen LogP contribution in [0.5, 0.6) is 0 Å². The number of amides is 1. The van der Waals surface area contributed by atoms with Gasteiger partial charge in [0.15, 0.2) is 0 Å². The first-order chi connectivity index (χ1) is 14.2. The smallest absolute Gasteiger partial charge is 0.229 e. The fourth-order valence-electron chi connectivity index (χ4n) is 3.24. The maximum atomic E-state index is 12.1. The number of anilines is 4. The zero-order chi connectivity index (χ0) is 20.1. The van der Waals surface area contributed by atoms with Crippen LogP contribution in [0.15, 0.2) is 48.0 Å². The van der Waals surface area contributed by atoms with Crippen molar-refractivity contribution in [1.82, 2.24) is 9.97 Å². The number of rotatable bonds is 7. The van der Waals surface area contributed by atoms with Crippen LogP contribution in [-0.2, 0) is 17.8 Å². The number of hydrogen-bond acceptors (Lipinski definition) is 7. The number of aromatic nitrogens is 2. The molecule has 1 aliphatic heterocycles. The van der Waals surface area contributed by atoms with Crippen LogP contribution >= 0.6 is 11.3 Å². The second-order valence-electron chi connectivity index (χ2n) is 6.90. The van der Waals surface area contributed by atoms with Gasteiger partial charge < -0.3 is 20.6 Å². The van der Waals surface area contributed by atoms with E-state index in [2.05, 4.69) is 25.5 Å². The van der Waals surface area contributed by atoms with Gasteiger partial charge in [0.05, 0.1) is 13.0 Å². The molecule has 3 heterocycles. The molecule has 0 saturated carbocycles. The van der Waals surface area contributed by atoms with Gasteiger partial charge in [0.2, 0.25) is 11.9 Å². The molecule has 0 spiro atoms. The number of nitrogens with one attached hydrogen (secondary N) is 2. The molecule has 1 amide bonds. The fraction of sp³-hybridized carbons (Fsp3) is 0.286. The molecule has 0 aliphatic carbocycles. The average molecular weight is 410 g/mol. The lowest BCUT2D eigenvalue weighted by molar-refractivity contribution is -0.115. The molecule has 7 nitrogen and oxygen atoms in total. The van der Waals surface area contributed by atoms with Crippen LogP contribution < -0.4 is 15.5 Å². The van der Waals surface area contributed by atoms with E-state index in [1.807, 2.05) is 41.8 Å². The first-order valence-electron chi connectivity index (χ1n) is 9.62. The molecule has 1 saturated heterocycles. The molecule has 1 aliphatic rings. The van der Waals surface area contributed by atoms with Crippen molar-refractivity contribution in [1.29, 1.82) is 0 Å². The molecular formula is C21H23N5O2S. The number of aliphatic hydroxyl groups excluding tert-OH is 1. The highest BCUT2D eigenvalue weighted by Crippen LogP contribution is 2.24. The predicted octanol–water partition coefficient (Wildman–Crippen LogP) is 3.56. The van der Waals surface area contributed by atoms with E-state index in [4.69, 9.17) is 0 Å². The SMILES string of the molecule is O=C(Cc1cccs1)Nc1ccc(Nc2nc(N3CCCC3)ncc2CO)cc1. The van der Waals surface area contributed by atoms with Gasteiger partial charge in [-0.15, -0.1) is 11.3 Å². The van der Waals surface area contributed by atoms with Gasteiger partial charge in [-0.05, 0) is 48.6 Å². The van der Waals surface area contributed by atoms with Crippen LogP contribution in [0.1, 0.15) is 23.3 Å². The summed E-state index contributed by atoms with van der Waals surface area (Å²) in [7, 11) is 0. The minimum Gasteiger partial charge on any atom is -0.391 e. The molecule has 0 atom stereocenters. The van der Waals surface area contributed by atoms with Gasteiger partial charge in [0.25, 0.3) is 0 Å². The van der Waals surface area contributed by atoms with Gasteiger partial charge in [0, 0.05) is 41.1 Å². The van der Waals surface area contributed by atoms with Gasteiger partial charge in [0.1, 0.15) is 5.82 Å². The molecule has 1 aromatic carbocycles. The van der Waals surface area contributed by atoms with Crippen molar-refractivity contribution in [2.75, 3.05) is 28.6 Å².